The summed E-state index contributed by atoms with van der Waals surface area (Å²) < 4.78 is 1.75. The molecule has 2 rings (SSSR count). The van der Waals surface area contributed by atoms with Crippen molar-refractivity contribution in [1.29, 1.82) is 0 Å². The third kappa shape index (κ3) is 3.94. The lowest BCUT2D eigenvalue weighted by Crippen LogP contribution is -2.39. The Kier molecular flexibility index (Phi) is 5.36. The van der Waals surface area contributed by atoms with Crippen LogP contribution in [0.1, 0.15) is 25.5 Å². The molecular weight excluding hydrogens is 238 g/mol. The number of rotatable bonds is 3. The molecule has 0 bridgehead atoms. The molecular formula is C11H22ClN5. The maximum Gasteiger partial charge on any atom is 0.0966 e. The minimum atomic E-state index is 0. The fourth-order valence-electron chi connectivity index (χ4n) is 2.33. The van der Waals surface area contributed by atoms with Crippen molar-refractivity contribution < 1.29 is 0 Å². The van der Waals surface area contributed by atoms with Crippen LogP contribution in [-0.2, 0) is 13.6 Å². The van der Waals surface area contributed by atoms with Crippen molar-refractivity contribution in [3.05, 3.63) is 11.9 Å². The molecule has 1 fully saturated rings. The van der Waals surface area contributed by atoms with Gasteiger partial charge in [0, 0.05) is 25.8 Å². The van der Waals surface area contributed by atoms with Crippen LogP contribution in [-0.4, -0.2) is 39.0 Å². The zero-order chi connectivity index (χ0) is 11.5. The van der Waals surface area contributed by atoms with Crippen molar-refractivity contribution in [2.45, 2.75) is 32.4 Å². The van der Waals surface area contributed by atoms with E-state index in [4.69, 9.17) is 5.73 Å². The third-order valence-corrected chi connectivity index (χ3v) is 3.41. The third-order valence-electron chi connectivity index (χ3n) is 3.41. The lowest BCUT2D eigenvalue weighted by atomic mass is 9.91. The SMILES string of the molecule is CC(N)C1CCN(Cc2cn(C)nn2)CC1.Cl. The number of nitrogens with zero attached hydrogens (tertiary/aromatic N) is 4. The van der Waals surface area contributed by atoms with Gasteiger partial charge in [-0.2, -0.15) is 0 Å². The summed E-state index contributed by atoms with van der Waals surface area (Å²) in [5.41, 5.74) is 6.98. The predicted octanol–water partition coefficient (Wildman–Crippen LogP) is 0.796. The van der Waals surface area contributed by atoms with Crippen LogP contribution in [0.5, 0.6) is 0 Å². The normalized spacial score (nSPS) is 19.9. The average Bonchev–Trinajstić information content (AvgIpc) is 2.65. The van der Waals surface area contributed by atoms with E-state index in [1.807, 2.05) is 13.2 Å². The second-order valence-corrected chi connectivity index (χ2v) is 4.86. The fourth-order valence-corrected chi connectivity index (χ4v) is 2.33. The summed E-state index contributed by atoms with van der Waals surface area (Å²) in [7, 11) is 1.90. The van der Waals surface area contributed by atoms with Crippen molar-refractivity contribution in [1.82, 2.24) is 19.9 Å². The van der Waals surface area contributed by atoms with Crippen LogP contribution >= 0.6 is 12.4 Å². The van der Waals surface area contributed by atoms with E-state index in [-0.39, 0.29) is 12.4 Å². The second-order valence-electron chi connectivity index (χ2n) is 4.86. The maximum absolute atomic E-state index is 5.92. The molecule has 0 radical (unpaired) electrons. The highest BCUT2D eigenvalue weighted by Gasteiger charge is 2.22. The first-order valence-electron chi connectivity index (χ1n) is 5.98. The van der Waals surface area contributed by atoms with Gasteiger partial charge in [-0.3, -0.25) is 9.58 Å². The van der Waals surface area contributed by atoms with Gasteiger partial charge < -0.3 is 5.73 Å². The van der Waals surface area contributed by atoms with Gasteiger partial charge in [-0.15, -0.1) is 17.5 Å². The summed E-state index contributed by atoms with van der Waals surface area (Å²) in [6.45, 7) is 5.29. The van der Waals surface area contributed by atoms with Crippen LogP contribution in [0.3, 0.4) is 0 Å². The summed E-state index contributed by atoms with van der Waals surface area (Å²) in [6.07, 6.45) is 4.40. The molecule has 1 aliphatic heterocycles. The number of halogens is 1. The zero-order valence-corrected chi connectivity index (χ0v) is 11.4. The minimum absolute atomic E-state index is 0. The maximum atomic E-state index is 5.92. The number of aryl methyl sites for hydroxylation is 1. The van der Waals surface area contributed by atoms with Gasteiger partial charge in [0.15, 0.2) is 0 Å². The van der Waals surface area contributed by atoms with Gasteiger partial charge in [0.05, 0.1) is 5.69 Å². The Morgan fingerprint density at radius 1 is 1.47 bits per heavy atom. The van der Waals surface area contributed by atoms with Crippen molar-refractivity contribution in [3.8, 4) is 0 Å². The van der Waals surface area contributed by atoms with Crippen molar-refractivity contribution in [2.75, 3.05) is 13.1 Å². The summed E-state index contributed by atoms with van der Waals surface area (Å²) in [4.78, 5) is 2.43. The lowest BCUT2D eigenvalue weighted by molar-refractivity contribution is 0.164. The Balaban J connectivity index is 0.00000144. The summed E-state index contributed by atoms with van der Waals surface area (Å²) in [6, 6.07) is 0.332. The first-order valence-corrected chi connectivity index (χ1v) is 5.98. The molecule has 1 saturated heterocycles. The van der Waals surface area contributed by atoms with Gasteiger partial charge in [0.2, 0.25) is 0 Å². The molecule has 6 heteroatoms. The van der Waals surface area contributed by atoms with Crippen molar-refractivity contribution in [2.24, 2.45) is 18.7 Å². The number of piperidine rings is 1. The molecule has 1 aromatic heterocycles. The van der Waals surface area contributed by atoms with Gasteiger partial charge in [-0.1, -0.05) is 5.21 Å². The van der Waals surface area contributed by atoms with Crippen molar-refractivity contribution in [3.63, 3.8) is 0 Å². The van der Waals surface area contributed by atoms with Crippen molar-refractivity contribution >= 4 is 12.4 Å². The molecule has 1 aliphatic rings. The lowest BCUT2D eigenvalue weighted by Gasteiger charge is -2.33. The topological polar surface area (TPSA) is 60.0 Å². The van der Waals surface area contributed by atoms with E-state index in [9.17, 15) is 0 Å². The van der Waals surface area contributed by atoms with E-state index in [1.165, 1.54) is 12.8 Å². The quantitative estimate of drug-likeness (QED) is 0.872. The number of aromatic nitrogens is 3. The fraction of sp³-hybridized carbons (Fsp3) is 0.818. The standard InChI is InChI=1S/C11H21N5.ClH/c1-9(12)10-3-5-16(6-4-10)8-11-7-15(2)14-13-11;/h7,9-10H,3-6,8,12H2,1-2H3;1H. The molecule has 1 unspecified atom stereocenters. The van der Waals surface area contributed by atoms with Crippen LogP contribution in [0.25, 0.3) is 0 Å². The number of hydrogen-bond donors (Lipinski definition) is 1. The molecule has 0 aromatic carbocycles. The highest BCUT2D eigenvalue weighted by Crippen LogP contribution is 2.20. The monoisotopic (exact) mass is 259 g/mol. The smallest absolute Gasteiger partial charge is 0.0966 e. The Hall–Kier alpha value is -0.650. The van der Waals surface area contributed by atoms with Gasteiger partial charge >= 0.3 is 0 Å². The van der Waals surface area contributed by atoms with E-state index in [0.29, 0.717) is 12.0 Å². The van der Waals surface area contributed by atoms with E-state index < -0.39 is 0 Å². The van der Waals surface area contributed by atoms with Crippen LogP contribution in [0.15, 0.2) is 6.20 Å². The molecule has 0 saturated carbocycles. The Morgan fingerprint density at radius 2 is 2.12 bits per heavy atom. The number of hydrogen-bond acceptors (Lipinski definition) is 4. The Labute approximate surface area is 109 Å². The molecule has 2 heterocycles. The first kappa shape index (κ1) is 14.4. The van der Waals surface area contributed by atoms with Crippen LogP contribution in [0.2, 0.25) is 0 Å². The van der Waals surface area contributed by atoms with E-state index in [1.54, 1.807) is 4.68 Å². The highest BCUT2D eigenvalue weighted by atomic mass is 35.5. The molecule has 2 N–H and O–H groups in total. The zero-order valence-electron chi connectivity index (χ0n) is 10.5. The van der Waals surface area contributed by atoms with Crippen LogP contribution in [0, 0.1) is 5.92 Å². The summed E-state index contributed by atoms with van der Waals surface area (Å²) in [5.74, 6) is 0.693. The Bertz CT molecular complexity index is 330. The number of nitrogens with two attached hydrogens (primary N) is 1. The molecule has 5 nitrogen and oxygen atoms in total. The molecule has 17 heavy (non-hydrogen) atoms. The average molecular weight is 260 g/mol. The van der Waals surface area contributed by atoms with Gasteiger partial charge in [0.1, 0.15) is 0 Å². The van der Waals surface area contributed by atoms with Gasteiger partial charge in [0.25, 0.3) is 0 Å². The molecule has 98 valence electrons. The van der Waals surface area contributed by atoms with E-state index >= 15 is 0 Å². The second kappa shape index (κ2) is 6.33. The van der Waals surface area contributed by atoms with Crippen LogP contribution < -0.4 is 5.73 Å². The van der Waals surface area contributed by atoms with Crippen LogP contribution in [0.4, 0.5) is 0 Å². The molecule has 0 spiro atoms. The molecule has 1 atom stereocenters. The van der Waals surface area contributed by atoms with E-state index in [0.717, 1.165) is 25.3 Å². The highest BCUT2D eigenvalue weighted by molar-refractivity contribution is 5.85. The van der Waals surface area contributed by atoms with Gasteiger partial charge in [-0.05, 0) is 38.8 Å². The summed E-state index contributed by atoms with van der Waals surface area (Å²) in [5, 5.41) is 8.06. The summed E-state index contributed by atoms with van der Waals surface area (Å²) >= 11 is 0. The number of likely N-dealkylation sites (tertiary alicyclic amines) is 1. The molecule has 1 aromatic rings. The first-order chi connectivity index (χ1) is 7.65. The Morgan fingerprint density at radius 3 is 2.59 bits per heavy atom. The minimum Gasteiger partial charge on any atom is -0.328 e. The molecule has 0 amide bonds. The molecule has 0 aliphatic carbocycles. The largest absolute Gasteiger partial charge is 0.328 e. The predicted molar refractivity (Wildman–Crippen MR) is 69.9 cm³/mol. The van der Waals surface area contributed by atoms with Gasteiger partial charge in [-0.25, -0.2) is 0 Å². The van der Waals surface area contributed by atoms with E-state index in [2.05, 4.69) is 22.1 Å².